The van der Waals surface area contributed by atoms with Crippen molar-refractivity contribution in [3.8, 4) is 0 Å². The molecule has 0 saturated carbocycles. The van der Waals surface area contributed by atoms with Crippen LogP contribution in [0.2, 0.25) is 0 Å². The number of nitrogens with zero attached hydrogens (tertiary/aromatic N) is 3. The Labute approximate surface area is 158 Å². The Morgan fingerprint density at radius 1 is 1.44 bits per heavy atom. The zero-order valence-electron chi connectivity index (χ0n) is 14.7. The summed E-state index contributed by atoms with van der Waals surface area (Å²) in [5.41, 5.74) is 0.490. The third kappa shape index (κ3) is 3.54. The minimum atomic E-state index is -1.27. The number of rotatable bonds is 6. The molecular weight excluding hydrogens is 376 g/mol. The van der Waals surface area contributed by atoms with E-state index >= 15 is 0 Å². The molecule has 27 heavy (non-hydrogen) atoms. The molecule has 2 N–H and O–H groups in total. The third-order valence-corrected chi connectivity index (χ3v) is 5.55. The molecule has 2 atom stereocenters. The Morgan fingerprint density at radius 2 is 2.19 bits per heavy atom. The molecule has 2 aliphatic rings. The smallest absolute Gasteiger partial charge is 0.352 e. The van der Waals surface area contributed by atoms with Gasteiger partial charge in [-0.2, -0.15) is 5.10 Å². The molecule has 2 amide bonds. The van der Waals surface area contributed by atoms with Crippen molar-refractivity contribution >= 4 is 35.5 Å². The maximum Gasteiger partial charge on any atom is 0.352 e. The van der Waals surface area contributed by atoms with Crippen LogP contribution >= 0.6 is 11.8 Å². The molecule has 3 rings (SSSR count). The van der Waals surface area contributed by atoms with Gasteiger partial charge in [0.05, 0.1) is 11.8 Å². The number of aryl methyl sites for hydroxylation is 1. The van der Waals surface area contributed by atoms with Gasteiger partial charge in [-0.05, 0) is 6.92 Å². The van der Waals surface area contributed by atoms with Crippen molar-refractivity contribution in [1.29, 1.82) is 0 Å². The maximum atomic E-state index is 12.5. The lowest BCUT2D eigenvalue weighted by Crippen LogP contribution is -2.70. The first kappa shape index (κ1) is 19.0. The lowest BCUT2D eigenvalue weighted by molar-refractivity contribution is -0.149. The fourth-order valence-electron chi connectivity index (χ4n) is 2.86. The number of hydrogen-bond donors (Lipinski definition) is 2. The number of hydrogen-bond acceptors (Lipinski definition) is 7. The van der Waals surface area contributed by atoms with Gasteiger partial charge in [0.25, 0.3) is 11.8 Å². The number of carbonyl (C=O) groups is 4. The average molecular weight is 394 g/mol. The molecule has 0 aliphatic carbocycles. The van der Waals surface area contributed by atoms with Gasteiger partial charge >= 0.3 is 11.9 Å². The van der Waals surface area contributed by atoms with Crippen LogP contribution in [0.5, 0.6) is 0 Å². The van der Waals surface area contributed by atoms with Gasteiger partial charge in [-0.15, -0.1) is 11.8 Å². The van der Waals surface area contributed by atoms with Crippen LogP contribution in [-0.2, 0) is 25.7 Å². The quantitative estimate of drug-likeness (QED) is 0.502. The van der Waals surface area contributed by atoms with Crippen LogP contribution in [0.1, 0.15) is 24.2 Å². The highest BCUT2D eigenvalue weighted by atomic mass is 32.2. The normalized spacial score (nSPS) is 21.4. The summed E-state index contributed by atoms with van der Waals surface area (Å²) in [6.45, 7) is 3.53. The van der Waals surface area contributed by atoms with E-state index in [0.717, 1.165) is 4.90 Å². The number of amides is 2. The molecule has 1 aromatic heterocycles. The second kappa shape index (κ2) is 7.43. The first-order valence-corrected chi connectivity index (χ1v) is 9.25. The van der Waals surface area contributed by atoms with Crippen LogP contribution in [0.3, 0.4) is 0 Å². The molecule has 0 aromatic carbocycles. The monoisotopic (exact) mass is 394 g/mol. The molecule has 0 unspecified atom stereocenters. The second-order valence-corrected chi connectivity index (χ2v) is 7.09. The number of fused-ring (bicyclic) bond motifs is 1. The van der Waals surface area contributed by atoms with Crippen molar-refractivity contribution in [2.45, 2.75) is 31.8 Å². The number of carbonyl (C=O) groups excluding carboxylic acids is 3. The second-order valence-electron chi connectivity index (χ2n) is 5.98. The van der Waals surface area contributed by atoms with Crippen LogP contribution in [-0.4, -0.2) is 67.3 Å². The topological polar surface area (TPSA) is 131 Å². The summed E-state index contributed by atoms with van der Waals surface area (Å²) in [6.07, 6.45) is 2.98. The summed E-state index contributed by atoms with van der Waals surface area (Å²) in [7, 11) is 0. The van der Waals surface area contributed by atoms with E-state index < -0.39 is 35.2 Å². The molecule has 144 valence electrons. The Hall–Kier alpha value is -2.82. The van der Waals surface area contributed by atoms with Crippen molar-refractivity contribution < 1.29 is 29.0 Å². The Kier molecular flexibility index (Phi) is 5.22. The Morgan fingerprint density at radius 3 is 2.78 bits per heavy atom. The van der Waals surface area contributed by atoms with Crippen LogP contribution < -0.4 is 5.32 Å². The number of ether oxygens (including phenoxy) is 1. The molecule has 0 bridgehead atoms. The van der Waals surface area contributed by atoms with Crippen molar-refractivity contribution in [3.63, 3.8) is 0 Å². The zero-order chi connectivity index (χ0) is 19.7. The van der Waals surface area contributed by atoms with Crippen molar-refractivity contribution in [1.82, 2.24) is 20.0 Å². The van der Waals surface area contributed by atoms with E-state index in [0.29, 0.717) is 17.7 Å². The highest BCUT2D eigenvalue weighted by molar-refractivity contribution is 8.00. The largest absolute Gasteiger partial charge is 0.477 e. The van der Waals surface area contributed by atoms with E-state index in [1.54, 1.807) is 10.9 Å². The van der Waals surface area contributed by atoms with Crippen molar-refractivity contribution in [2.24, 2.45) is 0 Å². The number of β-lactam (4-membered cyclic amide) rings is 1. The van der Waals surface area contributed by atoms with Gasteiger partial charge in [-0.25, -0.2) is 4.79 Å². The molecule has 0 radical (unpaired) electrons. The fraction of sp³-hybridized carbons (Fsp3) is 0.438. The molecule has 11 heteroatoms. The van der Waals surface area contributed by atoms with Gasteiger partial charge in [-0.1, -0.05) is 0 Å². The minimum absolute atomic E-state index is 0.186. The zero-order valence-corrected chi connectivity index (χ0v) is 15.5. The summed E-state index contributed by atoms with van der Waals surface area (Å²) in [5.74, 6) is -2.48. The summed E-state index contributed by atoms with van der Waals surface area (Å²) >= 11 is 1.31. The van der Waals surface area contributed by atoms with E-state index in [9.17, 15) is 24.3 Å². The van der Waals surface area contributed by atoms with Gasteiger partial charge in [0.15, 0.2) is 0 Å². The summed E-state index contributed by atoms with van der Waals surface area (Å²) in [6, 6.07) is -0.822. The number of carboxylic acid groups (broad SMARTS) is 1. The molecule has 0 spiro atoms. The van der Waals surface area contributed by atoms with Crippen molar-refractivity contribution in [2.75, 3.05) is 12.4 Å². The Balaban J connectivity index is 1.74. The third-order valence-electron chi connectivity index (χ3n) is 4.21. The van der Waals surface area contributed by atoms with Gasteiger partial charge in [0, 0.05) is 31.0 Å². The standard InChI is InChI=1S/C16H18N4O6S/c1-3-19-5-9(4-17-19)13(22)18-11-14(23)20-12(16(24)25)10(6-26-8(2)21)7-27-15(11)20/h4-5,11,15H,3,6-7H2,1-2H3,(H,18,22)(H,24,25)/t11-,15+/m0/s1. The van der Waals surface area contributed by atoms with Gasteiger partial charge in [-0.3, -0.25) is 24.0 Å². The molecule has 1 aromatic rings. The Bertz CT molecular complexity index is 848. The van der Waals surface area contributed by atoms with Crippen LogP contribution in [0.25, 0.3) is 0 Å². The molecule has 3 heterocycles. The van der Waals surface area contributed by atoms with E-state index in [4.69, 9.17) is 4.74 Å². The lowest BCUT2D eigenvalue weighted by Gasteiger charge is -2.49. The van der Waals surface area contributed by atoms with Crippen LogP contribution in [0, 0.1) is 0 Å². The maximum absolute atomic E-state index is 12.5. The molecule has 1 fully saturated rings. The minimum Gasteiger partial charge on any atom is -0.477 e. The predicted molar refractivity (Wildman–Crippen MR) is 93.5 cm³/mol. The summed E-state index contributed by atoms with van der Waals surface area (Å²) in [5, 5.41) is 15.6. The number of aromatic nitrogens is 2. The number of esters is 1. The molecule has 1 saturated heterocycles. The van der Waals surface area contributed by atoms with Crippen molar-refractivity contribution in [3.05, 3.63) is 29.2 Å². The van der Waals surface area contributed by atoms with Crippen LogP contribution in [0.4, 0.5) is 0 Å². The molecule has 10 nitrogen and oxygen atoms in total. The van der Waals surface area contributed by atoms with Gasteiger partial charge in [0.1, 0.15) is 23.7 Å². The lowest BCUT2D eigenvalue weighted by atomic mass is 10.0. The number of thioether (sulfide) groups is 1. The van der Waals surface area contributed by atoms with Gasteiger partial charge < -0.3 is 15.2 Å². The number of carboxylic acids is 1. The highest BCUT2D eigenvalue weighted by Crippen LogP contribution is 2.40. The SMILES string of the molecule is CCn1cc(C(=O)N[C@H]2C(=O)N3C(C(=O)O)=C(COC(C)=O)CS[C@H]23)cn1. The van der Waals surface area contributed by atoms with E-state index in [1.165, 1.54) is 24.9 Å². The molecular formula is C16H18N4O6S. The first-order valence-electron chi connectivity index (χ1n) is 8.20. The first-order chi connectivity index (χ1) is 12.8. The highest BCUT2D eigenvalue weighted by Gasteiger charge is 2.54. The molecule has 2 aliphatic heterocycles. The average Bonchev–Trinajstić information content (AvgIpc) is 3.12. The van der Waals surface area contributed by atoms with Gasteiger partial charge in [0.2, 0.25) is 0 Å². The fourth-order valence-corrected chi connectivity index (χ4v) is 4.19. The number of aliphatic carboxylic acids is 1. The van der Waals surface area contributed by atoms with Crippen LogP contribution in [0.15, 0.2) is 23.7 Å². The van der Waals surface area contributed by atoms with E-state index in [1.807, 2.05) is 6.92 Å². The number of nitrogens with one attached hydrogen (secondary N) is 1. The van der Waals surface area contributed by atoms with E-state index in [2.05, 4.69) is 10.4 Å². The van der Waals surface area contributed by atoms with E-state index in [-0.39, 0.29) is 18.1 Å². The predicted octanol–water partition coefficient (Wildman–Crippen LogP) is -0.182. The summed E-state index contributed by atoms with van der Waals surface area (Å²) < 4.78 is 6.47. The summed E-state index contributed by atoms with van der Waals surface area (Å²) in [4.78, 5) is 48.6.